The minimum absolute atomic E-state index is 0.487. The van der Waals surface area contributed by atoms with Crippen molar-refractivity contribution in [2.75, 3.05) is 6.61 Å². The number of benzene rings is 2. The number of halogens is 2. The van der Waals surface area contributed by atoms with Gasteiger partial charge in [-0.25, -0.2) is 0 Å². The van der Waals surface area contributed by atoms with Gasteiger partial charge in [0, 0.05) is 11.4 Å². The molecule has 1 atom stereocenters. The van der Waals surface area contributed by atoms with Gasteiger partial charge < -0.3 is 9.84 Å². The Balaban J connectivity index is 2.11. The minimum atomic E-state index is -0.596. The molecule has 0 radical (unpaired) electrons. The fraction of sp³-hybridized carbons (Fsp3) is 0.294. The van der Waals surface area contributed by atoms with Gasteiger partial charge in [-0.3, -0.25) is 0 Å². The van der Waals surface area contributed by atoms with Crippen molar-refractivity contribution in [3.63, 3.8) is 0 Å². The van der Waals surface area contributed by atoms with Crippen LogP contribution in [0.3, 0.4) is 0 Å². The molecule has 0 saturated carbocycles. The zero-order chi connectivity index (χ0) is 15.2. The normalized spacial score (nSPS) is 12.2. The van der Waals surface area contributed by atoms with Crippen molar-refractivity contribution < 1.29 is 9.84 Å². The second-order valence-corrected chi connectivity index (χ2v) is 6.11. The Bertz CT molecular complexity index is 601. The molecule has 21 heavy (non-hydrogen) atoms. The molecule has 0 spiro atoms. The molecular formula is C17H18BrClO2. The quantitative estimate of drug-likeness (QED) is 0.761. The number of rotatable bonds is 6. The van der Waals surface area contributed by atoms with E-state index in [0.717, 1.165) is 27.8 Å². The summed E-state index contributed by atoms with van der Waals surface area (Å²) in [5.74, 6) is 0.797. The Labute approximate surface area is 138 Å². The molecule has 0 bridgehead atoms. The van der Waals surface area contributed by atoms with E-state index >= 15 is 0 Å². The van der Waals surface area contributed by atoms with Crippen molar-refractivity contribution in [1.29, 1.82) is 0 Å². The summed E-state index contributed by atoms with van der Waals surface area (Å²) in [6, 6.07) is 13.2. The fourth-order valence-electron chi connectivity index (χ4n) is 2.04. The maximum absolute atomic E-state index is 10.4. The van der Waals surface area contributed by atoms with E-state index < -0.39 is 6.10 Å². The Kier molecular flexibility index (Phi) is 6.09. The average molecular weight is 370 g/mol. The summed E-state index contributed by atoms with van der Waals surface area (Å²) in [7, 11) is 0. The van der Waals surface area contributed by atoms with E-state index in [4.69, 9.17) is 16.3 Å². The summed E-state index contributed by atoms with van der Waals surface area (Å²) in [4.78, 5) is 0. The third-order valence-corrected chi connectivity index (χ3v) is 4.16. The summed E-state index contributed by atoms with van der Waals surface area (Å²) in [5, 5.41) is 11.0. The zero-order valence-corrected chi connectivity index (χ0v) is 14.2. The van der Waals surface area contributed by atoms with Crippen LogP contribution >= 0.6 is 27.5 Å². The van der Waals surface area contributed by atoms with Crippen LogP contribution in [0.1, 0.15) is 30.6 Å². The largest absolute Gasteiger partial charge is 0.492 e. The standard InChI is InChI=1S/C17H18BrClO2/c1-2-9-21-17-8-7-13(10-14(17)18)16(20)11-12-5-3-4-6-15(12)19/h3-8,10,16,20H,2,9,11H2,1H3. The molecule has 0 fully saturated rings. The van der Waals surface area contributed by atoms with Gasteiger partial charge in [-0.15, -0.1) is 0 Å². The van der Waals surface area contributed by atoms with Crippen molar-refractivity contribution in [1.82, 2.24) is 0 Å². The van der Waals surface area contributed by atoms with Gasteiger partial charge in [-0.1, -0.05) is 42.8 Å². The van der Waals surface area contributed by atoms with Crippen molar-refractivity contribution in [2.24, 2.45) is 0 Å². The summed E-state index contributed by atoms with van der Waals surface area (Å²) in [6.07, 6.45) is 0.853. The average Bonchev–Trinajstić information content (AvgIpc) is 2.48. The van der Waals surface area contributed by atoms with Gasteiger partial charge in [-0.2, -0.15) is 0 Å². The molecule has 0 aliphatic carbocycles. The summed E-state index contributed by atoms with van der Waals surface area (Å²) >= 11 is 9.61. The monoisotopic (exact) mass is 368 g/mol. The lowest BCUT2D eigenvalue weighted by molar-refractivity contribution is 0.178. The maximum atomic E-state index is 10.4. The van der Waals surface area contributed by atoms with Crippen LogP contribution in [0.4, 0.5) is 0 Å². The summed E-state index contributed by atoms with van der Waals surface area (Å²) in [6.45, 7) is 2.75. The van der Waals surface area contributed by atoms with E-state index in [0.29, 0.717) is 18.1 Å². The van der Waals surface area contributed by atoms with Crippen molar-refractivity contribution in [3.8, 4) is 5.75 Å². The van der Waals surface area contributed by atoms with Crippen LogP contribution in [0.15, 0.2) is 46.9 Å². The summed E-state index contributed by atoms with van der Waals surface area (Å²) in [5.41, 5.74) is 1.78. The Morgan fingerprint density at radius 3 is 2.67 bits per heavy atom. The molecule has 4 heteroatoms. The third kappa shape index (κ3) is 4.47. The zero-order valence-electron chi connectivity index (χ0n) is 11.9. The number of hydrogen-bond donors (Lipinski definition) is 1. The van der Waals surface area contributed by atoms with Gasteiger partial charge in [0.05, 0.1) is 17.2 Å². The van der Waals surface area contributed by atoms with Gasteiger partial charge in [0.15, 0.2) is 0 Å². The van der Waals surface area contributed by atoms with Crippen molar-refractivity contribution >= 4 is 27.5 Å². The van der Waals surface area contributed by atoms with Crippen LogP contribution in [-0.4, -0.2) is 11.7 Å². The SMILES string of the molecule is CCCOc1ccc(C(O)Cc2ccccc2Cl)cc1Br. The molecule has 2 nitrogen and oxygen atoms in total. The molecule has 0 amide bonds. The van der Waals surface area contributed by atoms with Crippen LogP contribution in [0.25, 0.3) is 0 Å². The first-order valence-electron chi connectivity index (χ1n) is 6.95. The molecule has 112 valence electrons. The van der Waals surface area contributed by atoms with Crippen molar-refractivity contribution in [2.45, 2.75) is 25.9 Å². The van der Waals surface area contributed by atoms with Gasteiger partial charge in [0.1, 0.15) is 5.75 Å². The molecule has 1 unspecified atom stereocenters. The van der Waals surface area contributed by atoms with Gasteiger partial charge in [-0.05, 0) is 51.7 Å². The van der Waals surface area contributed by atoms with E-state index in [1.54, 1.807) is 0 Å². The molecule has 1 N–H and O–H groups in total. The highest BCUT2D eigenvalue weighted by Crippen LogP contribution is 2.30. The number of aliphatic hydroxyl groups is 1. The lowest BCUT2D eigenvalue weighted by Crippen LogP contribution is -2.03. The van der Waals surface area contributed by atoms with Gasteiger partial charge in [0.2, 0.25) is 0 Å². The second kappa shape index (κ2) is 7.83. The molecule has 0 aliphatic rings. The van der Waals surface area contributed by atoms with Crippen LogP contribution in [0.5, 0.6) is 5.75 Å². The first-order valence-corrected chi connectivity index (χ1v) is 8.12. The number of aliphatic hydroxyl groups excluding tert-OH is 1. The predicted molar refractivity (Wildman–Crippen MR) is 90.0 cm³/mol. The molecule has 0 aliphatic heterocycles. The van der Waals surface area contributed by atoms with E-state index in [9.17, 15) is 5.11 Å². The maximum Gasteiger partial charge on any atom is 0.133 e. The van der Waals surface area contributed by atoms with Crippen LogP contribution in [-0.2, 0) is 6.42 Å². The topological polar surface area (TPSA) is 29.5 Å². The fourth-order valence-corrected chi connectivity index (χ4v) is 2.77. The van der Waals surface area contributed by atoms with E-state index in [-0.39, 0.29) is 0 Å². The highest BCUT2D eigenvalue weighted by atomic mass is 79.9. The molecule has 0 saturated heterocycles. The van der Waals surface area contributed by atoms with Crippen LogP contribution in [0, 0.1) is 0 Å². The first kappa shape index (κ1) is 16.3. The lowest BCUT2D eigenvalue weighted by Gasteiger charge is -2.14. The smallest absolute Gasteiger partial charge is 0.133 e. The molecule has 0 aromatic heterocycles. The van der Waals surface area contributed by atoms with E-state index in [2.05, 4.69) is 22.9 Å². The second-order valence-electron chi connectivity index (χ2n) is 4.85. The Hall–Kier alpha value is -1.03. The van der Waals surface area contributed by atoms with Crippen molar-refractivity contribution in [3.05, 3.63) is 63.1 Å². The number of ether oxygens (including phenoxy) is 1. The van der Waals surface area contributed by atoms with Gasteiger partial charge in [0.25, 0.3) is 0 Å². The minimum Gasteiger partial charge on any atom is -0.492 e. The molecule has 2 aromatic rings. The lowest BCUT2D eigenvalue weighted by atomic mass is 10.0. The molecular weight excluding hydrogens is 352 g/mol. The number of hydrogen-bond acceptors (Lipinski definition) is 2. The Morgan fingerprint density at radius 2 is 2.00 bits per heavy atom. The molecule has 2 rings (SSSR count). The van der Waals surface area contributed by atoms with E-state index in [1.165, 1.54) is 0 Å². The van der Waals surface area contributed by atoms with Crippen LogP contribution < -0.4 is 4.74 Å². The van der Waals surface area contributed by atoms with Gasteiger partial charge >= 0.3 is 0 Å². The Morgan fingerprint density at radius 1 is 1.24 bits per heavy atom. The molecule has 2 aromatic carbocycles. The highest BCUT2D eigenvalue weighted by Gasteiger charge is 2.12. The first-order chi connectivity index (χ1) is 10.1. The van der Waals surface area contributed by atoms with E-state index in [1.807, 2.05) is 42.5 Å². The molecule has 0 heterocycles. The van der Waals surface area contributed by atoms with Crippen LogP contribution in [0.2, 0.25) is 5.02 Å². The summed E-state index contributed by atoms with van der Waals surface area (Å²) < 4.78 is 6.46. The third-order valence-electron chi connectivity index (χ3n) is 3.17. The highest BCUT2D eigenvalue weighted by molar-refractivity contribution is 9.10. The predicted octanol–water partition coefficient (Wildman–Crippen LogP) is 5.17.